The highest BCUT2D eigenvalue weighted by Crippen LogP contribution is 2.10. The predicted octanol–water partition coefficient (Wildman–Crippen LogP) is 1.73. The van der Waals surface area contributed by atoms with Crippen LogP contribution in [0.2, 0.25) is 0 Å². The lowest BCUT2D eigenvalue weighted by Crippen LogP contribution is -2.34. The maximum atomic E-state index is 11.5. The van der Waals surface area contributed by atoms with E-state index in [4.69, 9.17) is 5.26 Å². The predicted molar refractivity (Wildman–Crippen MR) is 68.2 cm³/mol. The number of pyridine rings is 1. The van der Waals surface area contributed by atoms with Crippen molar-refractivity contribution in [2.45, 2.75) is 25.1 Å². The van der Waals surface area contributed by atoms with Crippen LogP contribution in [0, 0.1) is 11.3 Å². The minimum absolute atomic E-state index is 0.0857. The Morgan fingerprint density at radius 3 is 2.88 bits per heavy atom. The van der Waals surface area contributed by atoms with Crippen LogP contribution in [0.1, 0.15) is 18.9 Å². The van der Waals surface area contributed by atoms with Gasteiger partial charge in [0.1, 0.15) is 6.04 Å². The van der Waals surface area contributed by atoms with E-state index in [-0.39, 0.29) is 11.9 Å². The largest absolute Gasteiger partial charge is 0.340 e. The molecule has 1 N–H and O–H groups in total. The van der Waals surface area contributed by atoms with Crippen LogP contribution in [-0.2, 0) is 10.5 Å². The third-order valence-electron chi connectivity index (χ3n) is 2.15. The smallest absolute Gasteiger partial charge is 0.231 e. The molecule has 0 saturated carbocycles. The average molecular weight is 249 g/mol. The van der Waals surface area contributed by atoms with Crippen LogP contribution in [0.25, 0.3) is 0 Å². The zero-order valence-corrected chi connectivity index (χ0v) is 10.5. The molecule has 1 atom stereocenters. The van der Waals surface area contributed by atoms with Crippen molar-refractivity contribution >= 4 is 17.7 Å². The molecular weight excluding hydrogens is 234 g/mol. The zero-order chi connectivity index (χ0) is 12.5. The minimum atomic E-state index is -0.371. The molecule has 17 heavy (non-hydrogen) atoms. The van der Waals surface area contributed by atoms with Crippen molar-refractivity contribution in [2.24, 2.45) is 0 Å². The van der Waals surface area contributed by atoms with Gasteiger partial charge in [0.2, 0.25) is 5.91 Å². The lowest BCUT2D eigenvalue weighted by Gasteiger charge is -2.08. The van der Waals surface area contributed by atoms with Crippen molar-refractivity contribution in [3.8, 4) is 6.07 Å². The number of nitriles is 1. The molecule has 0 radical (unpaired) electrons. The molecule has 1 aromatic rings. The summed E-state index contributed by atoms with van der Waals surface area (Å²) in [6.07, 6.45) is 4.11. The lowest BCUT2D eigenvalue weighted by atomic mass is 10.2. The highest BCUT2D eigenvalue weighted by Gasteiger charge is 2.08. The molecule has 1 aromatic heterocycles. The summed E-state index contributed by atoms with van der Waals surface area (Å²) in [4.78, 5) is 15.4. The molecule has 1 heterocycles. The maximum Gasteiger partial charge on any atom is 0.231 e. The van der Waals surface area contributed by atoms with E-state index < -0.39 is 0 Å². The average Bonchev–Trinajstić information content (AvgIpc) is 2.37. The number of aromatic nitrogens is 1. The standard InChI is InChI=1S/C12H15N3OS/c1-2-11(7-13)15-12(16)9-17-8-10-3-5-14-6-4-10/h3-6,11H,2,8-9H2,1H3,(H,15,16). The number of nitrogens with zero attached hydrogens (tertiary/aromatic N) is 2. The van der Waals surface area contributed by atoms with Crippen LogP contribution in [0.4, 0.5) is 0 Å². The molecule has 0 spiro atoms. The SMILES string of the molecule is CCC(C#N)NC(=O)CSCc1ccncc1. The van der Waals surface area contributed by atoms with Crippen LogP contribution in [0.5, 0.6) is 0 Å². The summed E-state index contributed by atoms with van der Waals surface area (Å²) in [5.41, 5.74) is 1.14. The Morgan fingerprint density at radius 2 is 2.29 bits per heavy atom. The van der Waals surface area contributed by atoms with Gasteiger partial charge in [-0.05, 0) is 24.1 Å². The van der Waals surface area contributed by atoms with E-state index in [0.717, 1.165) is 11.3 Å². The van der Waals surface area contributed by atoms with Crippen molar-refractivity contribution < 1.29 is 4.79 Å². The summed E-state index contributed by atoms with van der Waals surface area (Å²) in [7, 11) is 0. The number of amides is 1. The van der Waals surface area contributed by atoms with Crippen LogP contribution >= 0.6 is 11.8 Å². The Morgan fingerprint density at radius 1 is 1.59 bits per heavy atom. The van der Waals surface area contributed by atoms with Gasteiger partial charge in [0, 0.05) is 18.1 Å². The topological polar surface area (TPSA) is 65.8 Å². The Hall–Kier alpha value is -1.54. The van der Waals surface area contributed by atoms with Crippen LogP contribution in [0.15, 0.2) is 24.5 Å². The third-order valence-corrected chi connectivity index (χ3v) is 3.15. The van der Waals surface area contributed by atoms with Gasteiger partial charge in [0.25, 0.3) is 0 Å². The summed E-state index contributed by atoms with van der Waals surface area (Å²) in [6, 6.07) is 5.52. The van der Waals surface area contributed by atoms with Crippen molar-refractivity contribution in [3.05, 3.63) is 30.1 Å². The molecular formula is C12H15N3OS. The Kier molecular flexibility index (Phi) is 6.12. The highest BCUT2D eigenvalue weighted by molar-refractivity contribution is 7.99. The van der Waals surface area contributed by atoms with E-state index in [2.05, 4.69) is 10.3 Å². The second kappa shape index (κ2) is 7.69. The monoisotopic (exact) mass is 249 g/mol. The number of thioether (sulfide) groups is 1. The van der Waals surface area contributed by atoms with Crippen molar-refractivity contribution in [2.75, 3.05) is 5.75 Å². The molecule has 0 aromatic carbocycles. The summed E-state index contributed by atoms with van der Waals surface area (Å²) in [6.45, 7) is 1.87. The van der Waals surface area contributed by atoms with Crippen LogP contribution in [-0.4, -0.2) is 22.7 Å². The second-order valence-electron chi connectivity index (χ2n) is 3.51. The fourth-order valence-electron chi connectivity index (χ4n) is 1.20. The van der Waals surface area contributed by atoms with E-state index in [1.807, 2.05) is 25.1 Å². The second-order valence-corrected chi connectivity index (χ2v) is 4.49. The van der Waals surface area contributed by atoms with Crippen LogP contribution < -0.4 is 5.32 Å². The van der Waals surface area contributed by atoms with E-state index in [0.29, 0.717) is 12.2 Å². The van der Waals surface area contributed by atoms with Gasteiger partial charge in [0.15, 0.2) is 0 Å². The van der Waals surface area contributed by atoms with E-state index in [9.17, 15) is 4.79 Å². The van der Waals surface area contributed by atoms with Gasteiger partial charge >= 0.3 is 0 Å². The van der Waals surface area contributed by atoms with E-state index >= 15 is 0 Å². The molecule has 0 saturated heterocycles. The summed E-state index contributed by atoms with van der Waals surface area (Å²) >= 11 is 1.53. The van der Waals surface area contributed by atoms with Gasteiger partial charge in [-0.1, -0.05) is 6.92 Å². The zero-order valence-electron chi connectivity index (χ0n) is 9.72. The first-order valence-corrected chi connectivity index (χ1v) is 6.57. The number of nitrogens with one attached hydrogen (secondary N) is 1. The molecule has 90 valence electrons. The van der Waals surface area contributed by atoms with Crippen molar-refractivity contribution in [1.29, 1.82) is 5.26 Å². The fraction of sp³-hybridized carbons (Fsp3) is 0.417. The summed E-state index contributed by atoms with van der Waals surface area (Å²) in [5.74, 6) is 1.07. The minimum Gasteiger partial charge on any atom is -0.340 e. The first-order chi connectivity index (χ1) is 8.26. The number of rotatable bonds is 6. The van der Waals surface area contributed by atoms with Gasteiger partial charge < -0.3 is 5.32 Å². The van der Waals surface area contributed by atoms with Gasteiger partial charge in [-0.15, -0.1) is 11.8 Å². The number of hydrogen-bond acceptors (Lipinski definition) is 4. The first kappa shape index (κ1) is 13.5. The van der Waals surface area contributed by atoms with Crippen molar-refractivity contribution in [1.82, 2.24) is 10.3 Å². The van der Waals surface area contributed by atoms with E-state index in [1.165, 1.54) is 11.8 Å². The van der Waals surface area contributed by atoms with Crippen LogP contribution in [0.3, 0.4) is 0 Å². The van der Waals surface area contributed by atoms with Gasteiger partial charge in [-0.3, -0.25) is 9.78 Å². The summed E-state index contributed by atoms with van der Waals surface area (Å²) in [5, 5.41) is 11.4. The van der Waals surface area contributed by atoms with Gasteiger partial charge in [0.05, 0.1) is 11.8 Å². The highest BCUT2D eigenvalue weighted by atomic mass is 32.2. The van der Waals surface area contributed by atoms with E-state index in [1.54, 1.807) is 12.4 Å². The fourth-order valence-corrected chi connectivity index (χ4v) is 2.00. The quantitative estimate of drug-likeness (QED) is 0.834. The molecule has 1 unspecified atom stereocenters. The lowest BCUT2D eigenvalue weighted by molar-refractivity contribution is -0.118. The number of carbonyl (C=O) groups is 1. The molecule has 5 heteroatoms. The van der Waals surface area contributed by atoms with Crippen molar-refractivity contribution in [3.63, 3.8) is 0 Å². The Balaban J connectivity index is 2.23. The van der Waals surface area contributed by atoms with Gasteiger partial charge in [-0.25, -0.2) is 0 Å². The molecule has 4 nitrogen and oxygen atoms in total. The molecule has 1 amide bonds. The molecule has 0 aliphatic heterocycles. The molecule has 0 aliphatic rings. The first-order valence-electron chi connectivity index (χ1n) is 5.42. The van der Waals surface area contributed by atoms with Gasteiger partial charge in [-0.2, -0.15) is 5.26 Å². The number of hydrogen-bond donors (Lipinski definition) is 1. The molecule has 0 aliphatic carbocycles. The molecule has 0 bridgehead atoms. The maximum absolute atomic E-state index is 11.5. The summed E-state index contributed by atoms with van der Waals surface area (Å²) < 4.78 is 0. The molecule has 0 fully saturated rings. The third kappa shape index (κ3) is 5.36. The molecule has 1 rings (SSSR count). The Bertz CT molecular complexity index is 388. The normalized spacial score (nSPS) is 11.5. The Labute approximate surface area is 105 Å². The number of carbonyl (C=O) groups excluding carboxylic acids is 1.